The standard InChI is InChI=1S/C19H22O4/c1-11-6-14(7-12(2)19(11)21-5)13(3)15-8-17-18(23-10-22-17)9-16(15)20-4/h6-9,13H,10H2,1-5H3. The van der Waals surface area contributed by atoms with E-state index in [2.05, 4.69) is 32.9 Å². The van der Waals surface area contributed by atoms with Crippen LogP contribution in [0.15, 0.2) is 24.3 Å². The number of hydrogen-bond acceptors (Lipinski definition) is 4. The van der Waals surface area contributed by atoms with Crippen LogP contribution in [0.3, 0.4) is 0 Å². The lowest BCUT2D eigenvalue weighted by molar-refractivity contribution is 0.174. The minimum absolute atomic E-state index is 0.169. The zero-order valence-electron chi connectivity index (χ0n) is 14.2. The van der Waals surface area contributed by atoms with Crippen molar-refractivity contribution >= 4 is 0 Å². The van der Waals surface area contributed by atoms with Crippen molar-refractivity contribution in [1.29, 1.82) is 0 Å². The van der Waals surface area contributed by atoms with Gasteiger partial charge in [-0.25, -0.2) is 0 Å². The number of rotatable bonds is 4. The molecule has 0 saturated heterocycles. The first kappa shape index (κ1) is 15.5. The van der Waals surface area contributed by atoms with Crippen LogP contribution in [0.1, 0.15) is 35.1 Å². The second-order valence-corrected chi connectivity index (χ2v) is 5.86. The van der Waals surface area contributed by atoms with E-state index in [0.29, 0.717) is 0 Å². The van der Waals surface area contributed by atoms with Gasteiger partial charge in [0.1, 0.15) is 11.5 Å². The largest absolute Gasteiger partial charge is 0.496 e. The summed E-state index contributed by atoms with van der Waals surface area (Å²) in [5.74, 6) is 3.43. The maximum atomic E-state index is 5.56. The van der Waals surface area contributed by atoms with Gasteiger partial charge in [0.05, 0.1) is 14.2 Å². The Morgan fingerprint density at radius 1 is 0.913 bits per heavy atom. The first-order valence-corrected chi connectivity index (χ1v) is 7.67. The van der Waals surface area contributed by atoms with E-state index in [1.54, 1.807) is 14.2 Å². The van der Waals surface area contributed by atoms with Crippen molar-refractivity contribution in [2.24, 2.45) is 0 Å². The van der Waals surface area contributed by atoms with E-state index in [-0.39, 0.29) is 12.7 Å². The molecule has 1 aliphatic heterocycles. The van der Waals surface area contributed by atoms with Crippen molar-refractivity contribution in [2.75, 3.05) is 21.0 Å². The maximum absolute atomic E-state index is 5.56. The molecular weight excluding hydrogens is 292 g/mol. The van der Waals surface area contributed by atoms with Crippen molar-refractivity contribution in [1.82, 2.24) is 0 Å². The van der Waals surface area contributed by atoms with Gasteiger partial charge in [0.25, 0.3) is 0 Å². The van der Waals surface area contributed by atoms with Crippen LogP contribution >= 0.6 is 0 Å². The van der Waals surface area contributed by atoms with Crippen LogP contribution in [0.5, 0.6) is 23.0 Å². The third-order valence-corrected chi connectivity index (χ3v) is 4.38. The Balaban J connectivity index is 2.05. The summed E-state index contributed by atoms with van der Waals surface area (Å²) in [5, 5.41) is 0. The molecule has 0 fully saturated rings. The highest BCUT2D eigenvalue weighted by atomic mass is 16.7. The first-order chi connectivity index (χ1) is 11.0. The first-order valence-electron chi connectivity index (χ1n) is 7.67. The maximum Gasteiger partial charge on any atom is 0.231 e. The van der Waals surface area contributed by atoms with E-state index in [0.717, 1.165) is 39.7 Å². The molecule has 4 heteroatoms. The fourth-order valence-electron chi connectivity index (χ4n) is 3.19. The van der Waals surface area contributed by atoms with E-state index < -0.39 is 0 Å². The number of fused-ring (bicyclic) bond motifs is 1. The molecule has 1 unspecified atom stereocenters. The minimum atomic E-state index is 0.169. The Hall–Kier alpha value is -2.36. The van der Waals surface area contributed by atoms with Crippen molar-refractivity contribution < 1.29 is 18.9 Å². The summed E-state index contributed by atoms with van der Waals surface area (Å²) in [6.07, 6.45) is 0. The van der Waals surface area contributed by atoms with Crippen molar-refractivity contribution in [3.63, 3.8) is 0 Å². The zero-order valence-corrected chi connectivity index (χ0v) is 14.2. The van der Waals surface area contributed by atoms with E-state index in [1.807, 2.05) is 12.1 Å². The number of aryl methyl sites for hydroxylation is 2. The molecular formula is C19H22O4. The Bertz CT molecular complexity index is 713. The van der Waals surface area contributed by atoms with Crippen LogP contribution in [-0.2, 0) is 0 Å². The van der Waals surface area contributed by atoms with Gasteiger partial charge in [-0.1, -0.05) is 19.1 Å². The molecule has 0 amide bonds. The van der Waals surface area contributed by atoms with Crippen LogP contribution in [-0.4, -0.2) is 21.0 Å². The molecule has 0 aliphatic carbocycles. The number of hydrogen-bond donors (Lipinski definition) is 0. The third kappa shape index (κ3) is 2.69. The van der Waals surface area contributed by atoms with Crippen molar-refractivity contribution in [3.05, 3.63) is 46.5 Å². The summed E-state index contributed by atoms with van der Waals surface area (Å²) in [4.78, 5) is 0. The fourth-order valence-corrected chi connectivity index (χ4v) is 3.19. The van der Waals surface area contributed by atoms with E-state index in [9.17, 15) is 0 Å². The van der Waals surface area contributed by atoms with Gasteiger partial charge in [-0.05, 0) is 36.6 Å². The Labute approximate surface area is 136 Å². The van der Waals surface area contributed by atoms with Gasteiger partial charge in [-0.3, -0.25) is 0 Å². The molecule has 1 heterocycles. The third-order valence-electron chi connectivity index (χ3n) is 4.38. The fraction of sp³-hybridized carbons (Fsp3) is 0.368. The molecule has 2 aromatic rings. The number of ether oxygens (including phenoxy) is 4. The van der Waals surface area contributed by atoms with Gasteiger partial charge in [-0.2, -0.15) is 0 Å². The molecule has 0 saturated carbocycles. The monoisotopic (exact) mass is 314 g/mol. The Kier molecular flexibility index (Phi) is 4.07. The molecule has 0 N–H and O–H groups in total. The molecule has 1 aliphatic rings. The highest BCUT2D eigenvalue weighted by molar-refractivity contribution is 5.55. The molecule has 2 aromatic carbocycles. The molecule has 122 valence electrons. The lowest BCUT2D eigenvalue weighted by Gasteiger charge is -2.19. The van der Waals surface area contributed by atoms with Gasteiger partial charge in [0, 0.05) is 17.5 Å². The summed E-state index contributed by atoms with van der Waals surface area (Å²) >= 11 is 0. The number of methoxy groups -OCH3 is 2. The molecule has 0 radical (unpaired) electrons. The highest BCUT2D eigenvalue weighted by Gasteiger charge is 2.22. The molecule has 23 heavy (non-hydrogen) atoms. The van der Waals surface area contributed by atoms with Crippen LogP contribution in [0.4, 0.5) is 0 Å². The van der Waals surface area contributed by atoms with Gasteiger partial charge >= 0.3 is 0 Å². The van der Waals surface area contributed by atoms with Crippen molar-refractivity contribution in [3.8, 4) is 23.0 Å². The predicted octanol–water partition coefficient (Wildman–Crippen LogP) is 4.20. The second kappa shape index (κ2) is 6.03. The minimum Gasteiger partial charge on any atom is -0.496 e. The molecule has 0 spiro atoms. The molecule has 4 nitrogen and oxygen atoms in total. The lowest BCUT2D eigenvalue weighted by Crippen LogP contribution is -2.02. The van der Waals surface area contributed by atoms with E-state index >= 15 is 0 Å². The molecule has 0 aromatic heterocycles. The highest BCUT2D eigenvalue weighted by Crippen LogP contribution is 2.43. The Morgan fingerprint density at radius 3 is 2.09 bits per heavy atom. The molecule has 3 rings (SSSR count). The predicted molar refractivity (Wildman–Crippen MR) is 89.1 cm³/mol. The summed E-state index contributed by atoms with van der Waals surface area (Å²) in [7, 11) is 3.39. The van der Waals surface area contributed by atoms with Crippen molar-refractivity contribution in [2.45, 2.75) is 26.7 Å². The normalized spacial score (nSPS) is 13.8. The molecule has 1 atom stereocenters. The van der Waals surface area contributed by atoms with E-state index in [1.165, 1.54) is 5.56 Å². The second-order valence-electron chi connectivity index (χ2n) is 5.86. The van der Waals surface area contributed by atoms with Gasteiger partial charge in [0.15, 0.2) is 11.5 Å². The van der Waals surface area contributed by atoms with Gasteiger partial charge < -0.3 is 18.9 Å². The van der Waals surface area contributed by atoms with Gasteiger partial charge in [0.2, 0.25) is 6.79 Å². The average molecular weight is 314 g/mol. The Morgan fingerprint density at radius 2 is 1.52 bits per heavy atom. The SMILES string of the molecule is COc1cc2c(cc1C(C)c1cc(C)c(OC)c(C)c1)OCO2. The van der Waals surface area contributed by atoms with E-state index in [4.69, 9.17) is 18.9 Å². The quantitative estimate of drug-likeness (QED) is 0.847. The van der Waals surface area contributed by atoms with Crippen LogP contribution in [0.2, 0.25) is 0 Å². The summed E-state index contributed by atoms with van der Waals surface area (Å²) in [6.45, 7) is 6.57. The topological polar surface area (TPSA) is 36.9 Å². The lowest BCUT2D eigenvalue weighted by atomic mass is 9.89. The van der Waals surface area contributed by atoms with Crippen LogP contribution < -0.4 is 18.9 Å². The average Bonchev–Trinajstić information content (AvgIpc) is 2.99. The molecule has 0 bridgehead atoms. The zero-order chi connectivity index (χ0) is 16.6. The number of benzene rings is 2. The van der Waals surface area contributed by atoms with Crippen LogP contribution in [0.25, 0.3) is 0 Å². The summed E-state index contributed by atoms with van der Waals surface area (Å²) < 4.78 is 22.0. The summed E-state index contributed by atoms with van der Waals surface area (Å²) in [5.41, 5.74) is 4.57. The van der Waals surface area contributed by atoms with Gasteiger partial charge in [-0.15, -0.1) is 0 Å². The summed E-state index contributed by atoms with van der Waals surface area (Å²) in [6, 6.07) is 8.25. The smallest absolute Gasteiger partial charge is 0.231 e. The van der Waals surface area contributed by atoms with Crippen LogP contribution in [0, 0.1) is 13.8 Å².